The van der Waals surface area contributed by atoms with E-state index < -0.39 is 16.4 Å². The van der Waals surface area contributed by atoms with Crippen LogP contribution in [0.2, 0.25) is 0 Å². The molecule has 0 saturated heterocycles. The van der Waals surface area contributed by atoms with Crippen LogP contribution in [0.5, 0.6) is 0 Å². The topological polar surface area (TPSA) is 79.4 Å². The van der Waals surface area contributed by atoms with Crippen LogP contribution in [-0.2, 0) is 10.0 Å². The van der Waals surface area contributed by atoms with Gasteiger partial charge in [-0.3, -0.25) is 9.52 Å². The van der Waals surface area contributed by atoms with Gasteiger partial charge in [0, 0.05) is 25.9 Å². The smallest absolute Gasteiger partial charge is 0.263 e. The molecule has 0 saturated carbocycles. The molecule has 1 aromatic heterocycles. The summed E-state index contributed by atoms with van der Waals surface area (Å²) in [5.41, 5.74) is 0.0443. The van der Waals surface area contributed by atoms with E-state index in [9.17, 15) is 22.0 Å². The summed E-state index contributed by atoms with van der Waals surface area (Å²) in [6.07, 6.45) is -1.42. The fourth-order valence-electron chi connectivity index (χ4n) is 1.83. The summed E-state index contributed by atoms with van der Waals surface area (Å²) in [6, 6.07) is 7.06. The van der Waals surface area contributed by atoms with Gasteiger partial charge < -0.3 is 4.90 Å². The molecule has 2 aromatic rings. The maximum Gasteiger partial charge on any atom is 0.263 e. The highest BCUT2D eigenvalue weighted by atomic mass is 32.2. The van der Waals surface area contributed by atoms with Crippen LogP contribution in [0.15, 0.2) is 47.5 Å². The average Bonchev–Trinajstić information content (AvgIpc) is 2.54. The summed E-state index contributed by atoms with van der Waals surface area (Å²) in [6.45, 7) is 0. The predicted molar refractivity (Wildman–Crippen MR) is 84.5 cm³/mol. The molecule has 0 bridgehead atoms. The Labute approximate surface area is 138 Å². The highest BCUT2D eigenvalue weighted by Gasteiger charge is 2.17. The lowest BCUT2D eigenvalue weighted by atomic mass is 10.2. The molecule has 6 nitrogen and oxygen atoms in total. The minimum Gasteiger partial charge on any atom is -0.345 e. The van der Waals surface area contributed by atoms with Crippen LogP contribution >= 0.6 is 0 Å². The third-order valence-corrected chi connectivity index (χ3v) is 4.47. The SMILES string of the molecule is CN(C)C(=O)c1ccc(NS(=O)(=O)c2ccc(C(F)F)cc2)nc1. The van der Waals surface area contributed by atoms with Gasteiger partial charge in [0.2, 0.25) is 0 Å². The van der Waals surface area contributed by atoms with E-state index >= 15 is 0 Å². The van der Waals surface area contributed by atoms with E-state index in [1.807, 2.05) is 0 Å². The van der Waals surface area contributed by atoms with Crippen LogP contribution in [0.1, 0.15) is 22.3 Å². The number of halogens is 2. The number of hydrogen-bond donors (Lipinski definition) is 1. The molecule has 0 unspecified atom stereocenters. The monoisotopic (exact) mass is 355 g/mol. The van der Waals surface area contributed by atoms with Gasteiger partial charge in [-0.05, 0) is 24.3 Å². The van der Waals surface area contributed by atoms with Crippen molar-refractivity contribution in [3.05, 3.63) is 53.7 Å². The molecule has 0 aliphatic carbocycles. The summed E-state index contributed by atoms with van der Waals surface area (Å²) < 4.78 is 51.6. The molecule has 0 aliphatic rings. The second-order valence-electron chi connectivity index (χ2n) is 5.11. The first-order valence-corrected chi connectivity index (χ1v) is 8.27. The van der Waals surface area contributed by atoms with Crippen LogP contribution in [0.3, 0.4) is 0 Å². The summed E-state index contributed by atoms with van der Waals surface area (Å²) in [5, 5.41) is 0. The minimum absolute atomic E-state index is 0.0169. The third kappa shape index (κ3) is 4.05. The number of sulfonamides is 1. The number of nitrogens with one attached hydrogen (secondary N) is 1. The van der Waals surface area contributed by atoms with E-state index in [0.29, 0.717) is 5.56 Å². The molecular weight excluding hydrogens is 340 g/mol. The first-order chi connectivity index (χ1) is 11.2. The maximum atomic E-state index is 12.5. The Morgan fingerprint density at radius 2 is 1.75 bits per heavy atom. The Balaban J connectivity index is 2.18. The summed E-state index contributed by atoms with van der Waals surface area (Å²) in [4.78, 5) is 16.8. The molecule has 0 fully saturated rings. The van der Waals surface area contributed by atoms with Crippen molar-refractivity contribution in [2.75, 3.05) is 18.8 Å². The Morgan fingerprint density at radius 3 is 2.21 bits per heavy atom. The predicted octanol–water partition coefficient (Wildman–Crippen LogP) is 2.52. The number of pyridine rings is 1. The Bertz CT molecular complexity index is 820. The zero-order valence-electron chi connectivity index (χ0n) is 12.9. The first-order valence-electron chi connectivity index (χ1n) is 6.79. The number of aromatic nitrogens is 1. The average molecular weight is 355 g/mol. The van der Waals surface area contributed by atoms with Crippen molar-refractivity contribution in [3.8, 4) is 0 Å². The van der Waals surface area contributed by atoms with E-state index in [1.54, 1.807) is 14.1 Å². The van der Waals surface area contributed by atoms with Crippen LogP contribution in [0.25, 0.3) is 0 Å². The van der Waals surface area contributed by atoms with Crippen molar-refractivity contribution in [2.45, 2.75) is 11.3 Å². The minimum atomic E-state index is -3.96. The normalized spacial score (nSPS) is 11.4. The van der Waals surface area contributed by atoms with Gasteiger partial charge in [0.05, 0.1) is 10.5 Å². The van der Waals surface area contributed by atoms with E-state index in [1.165, 1.54) is 23.2 Å². The number of benzene rings is 1. The number of alkyl halides is 2. The van der Waals surface area contributed by atoms with Crippen molar-refractivity contribution < 1.29 is 22.0 Å². The van der Waals surface area contributed by atoms with Gasteiger partial charge in [-0.1, -0.05) is 12.1 Å². The molecule has 0 aliphatic heterocycles. The Morgan fingerprint density at radius 1 is 1.12 bits per heavy atom. The maximum absolute atomic E-state index is 12.5. The highest BCUT2D eigenvalue weighted by molar-refractivity contribution is 7.92. The van der Waals surface area contributed by atoms with Crippen molar-refractivity contribution in [2.24, 2.45) is 0 Å². The molecule has 0 spiro atoms. The van der Waals surface area contributed by atoms with Gasteiger partial charge in [-0.15, -0.1) is 0 Å². The first kappa shape index (κ1) is 17.8. The molecule has 2 rings (SSSR count). The zero-order valence-corrected chi connectivity index (χ0v) is 13.7. The number of anilines is 1. The van der Waals surface area contributed by atoms with Crippen LogP contribution in [0.4, 0.5) is 14.6 Å². The van der Waals surface area contributed by atoms with Crippen LogP contribution in [0, 0.1) is 0 Å². The number of amides is 1. The molecule has 1 N–H and O–H groups in total. The number of carbonyl (C=O) groups is 1. The number of nitrogens with zero attached hydrogens (tertiary/aromatic N) is 2. The van der Waals surface area contributed by atoms with Crippen molar-refractivity contribution in [1.29, 1.82) is 0 Å². The molecule has 9 heteroatoms. The van der Waals surface area contributed by atoms with Crippen molar-refractivity contribution in [3.63, 3.8) is 0 Å². The standard InChI is InChI=1S/C15H15F2N3O3S/c1-20(2)15(21)11-5-8-13(18-9-11)19-24(22,23)12-6-3-10(4-7-12)14(16)17/h3-9,14H,1-2H3,(H,18,19). The fraction of sp³-hybridized carbons (Fsp3) is 0.200. The van der Waals surface area contributed by atoms with Gasteiger partial charge in [0.1, 0.15) is 5.82 Å². The zero-order chi connectivity index (χ0) is 17.9. The summed E-state index contributed by atoms with van der Waals surface area (Å²) >= 11 is 0. The third-order valence-electron chi connectivity index (χ3n) is 3.10. The molecule has 1 heterocycles. The van der Waals surface area contributed by atoms with E-state index in [4.69, 9.17) is 0 Å². The van der Waals surface area contributed by atoms with E-state index in [0.717, 1.165) is 24.3 Å². The molecule has 0 radical (unpaired) electrons. The molecule has 1 aromatic carbocycles. The lowest BCUT2D eigenvalue weighted by Gasteiger charge is -2.11. The van der Waals surface area contributed by atoms with Gasteiger partial charge in [-0.2, -0.15) is 0 Å². The lowest BCUT2D eigenvalue weighted by Crippen LogP contribution is -2.22. The Hall–Kier alpha value is -2.55. The fourth-order valence-corrected chi connectivity index (χ4v) is 2.84. The molecule has 0 atom stereocenters. The molecule has 24 heavy (non-hydrogen) atoms. The highest BCUT2D eigenvalue weighted by Crippen LogP contribution is 2.21. The van der Waals surface area contributed by atoms with Crippen molar-refractivity contribution >= 4 is 21.7 Å². The van der Waals surface area contributed by atoms with Gasteiger partial charge in [0.15, 0.2) is 0 Å². The van der Waals surface area contributed by atoms with Gasteiger partial charge >= 0.3 is 0 Å². The number of carbonyl (C=O) groups excluding carboxylic acids is 1. The lowest BCUT2D eigenvalue weighted by molar-refractivity contribution is 0.0827. The molecular formula is C15H15F2N3O3S. The van der Waals surface area contributed by atoms with Gasteiger partial charge in [-0.25, -0.2) is 22.2 Å². The van der Waals surface area contributed by atoms with Crippen LogP contribution in [-0.4, -0.2) is 38.3 Å². The van der Waals surface area contributed by atoms with E-state index in [-0.39, 0.29) is 22.2 Å². The van der Waals surface area contributed by atoms with Gasteiger partial charge in [0.25, 0.3) is 22.4 Å². The van der Waals surface area contributed by atoms with Crippen LogP contribution < -0.4 is 4.72 Å². The Kier molecular flexibility index (Phi) is 5.13. The molecule has 128 valence electrons. The largest absolute Gasteiger partial charge is 0.345 e. The van der Waals surface area contributed by atoms with E-state index in [2.05, 4.69) is 9.71 Å². The quantitative estimate of drug-likeness (QED) is 0.894. The second-order valence-corrected chi connectivity index (χ2v) is 6.79. The summed E-state index contributed by atoms with van der Waals surface area (Å²) in [5.74, 6) is -0.247. The second kappa shape index (κ2) is 6.91. The van der Waals surface area contributed by atoms with Crippen molar-refractivity contribution in [1.82, 2.24) is 9.88 Å². The number of rotatable bonds is 5. The molecule has 1 amide bonds. The summed E-state index contributed by atoms with van der Waals surface area (Å²) in [7, 11) is -0.787. The number of hydrogen-bond acceptors (Lipinski definition) is 4.